The van der Waals surface area contributed by atoms with Gasteiger partial charge in [-0.05, 0) is 32.2 Å². The highest BCUT2D eigenvalue weighted by molar-refractivity contribution is 7.92. The Morgan fingerprint density at radius 3 is 2.23 bits per heavy atom. The van der Waals surface area contributed by atoms with E-state index < -0.39 is 9.84 Å². The van der Waals surface area contributed by atoms with E-state index >= 15 is 0 Å². The van der Waals surface area contributed by atoms with E-state index in [0.717, 1.165) is 45.1 Å². The average molecular weight is 203 g/mol. The van der Waals surface area contributed by atoms with Crippen molar-refractivity contribution in [1.29, 1.82) is 0 Å². The van der Waals surface area contributed by atoms with Crippen LogP contribution >= 0.6 is 0 Å². The standard InChI is InChI=1S/C9H17NO2S/c11-13(12,8-4-1-2-5-8)9-6-3-7-10-9/h8-10H,1-7H2. The molecule has 0 radical (unpaired) electrons. The number of nitrogens with one attached hydrogen (secondary N) is 1. The van der Waals surface area contributed by atoms with Crippen molar-refractivity contribution in [3.8, 4) is 0 Å². The van der Waals surface area contributed by atoms with E-state index in [2.05, 4.69) is 5.32 Å². The third kappa shape index (κ3) is 1.74. The van der Waals surface area contributed by atoms with Gasteiger partial charge in [-0.1, -0.05) is 12.8 Å². The van der Waals surface area contributed by atoms with E-state index in [1.165, 1.54) is 0 Å². The Morgan fingerprint density at radius 1 is 1.00 bits per heavy atom. The third-order valence-electron chi connectivity index (χ3n) is 3.18. The van der Waals surface area contributed by atoms with E-state index in [9.17, 15) is 8.42 Å². The lowest BCUT2D eigenvalue weighted by molar-refractivity contribution is 0.555. The SMILES string of the molecule is O=S(=O)(C1CCCC1)C1CCCN1. The van der Waals surface area contributed by atoms with Gasteiger partial charge in [-0.25, -0.2) is 8.42 Å². The van der Waals surface area contributed by atoms with Crippen molar-refractivity contribution in [1.82, 2.24) is 5.32 Å². The Morgan fingerprint density at radius 2 is 1.69 bits per heavy atom. The van der Waals surface area contributed by atoms with Crippen LogP contribution in [0.4, 0.5) is 0 Å². The molecule has 0 aromatic carbocycles. The predicted molar refractivity (Wildman–Crippen MR) is 52.2 cm³/mol. The van der Waals surface area contributed by atoms with Crippen LogP contribution in [0.15, 0.2) is 0 Å². The lowest BCUT2D eigenvalue weighted by Crippen LogP contribution is -2.37. The van der Waals surface area contributed by atoms with Crippen LogP contribution in [-0.4, -0.2) is 25.6 Å². The summed E-state index contributed by atoms with van der Waals surface area (Å²) in [6.07, 6.45) is 5.80. The molecule has 1 saturated carbocycles. The summed E-state index contributed by atoms with van der Waals surface area (Å²) in [5.74, 6) is 0. The van der Waals surface area contributed by atoms with Gasteiger partial charge in [-0.3, -0.25) is 0 Å². The minimum atomic E-state index is -2.85. The first-order valence-electron chi connectivity index (χ1n) is 5.17. The van der Waals surface area contributed by atoms with Gasteiger partial charge in [0.05, 0.1) is 5.25 Å². The number of sulfone groups is 1. The summed E-state index contributed by atoms with van der Waals surface area (Å²) >= 11 is 0. The minimum absolute atomic E-state index is 0.0388. The van der Waals surface area contributed by atoms with E-state index in [4.69, 9.17) is 0 Å². The van der Waals surface area contributed by atoms with Crippen LogP contribution in [-0.2, 0) is 9.84 Å². The van der Waals surface area contributed by atoms with Gasteiger partial charge >= 0.3 is 0 Å². The summed E-state index contributed by atoms with van der Waals surface area (Å²) in [5, 5.41) is 2.82. The Balaban J connectivity index is 2.09. The van der Waals surface area contributed by atoms with Crippen LogP contribution in [0.3, 0.4) is 0 Å². The van der Waals surface area contributed by atoms with E-state index in [1.807, 2.05) is 0 Å². The molecule has 0 bridgehead atoms. The van der Waals surface area contributed by atoms with Gasteiger partial charge in [-0.2, -0.15) is 0 Å². The summed E-state index contributed by atoms with van der Waals surface area (Å²) in [4.78, 5) is 0. The molecule has 13 heavy (non-hydrogen) atoms. The Bertz CT molecular complexity index is 239. The third-order valence-corrected chi connectivity index (χ3v) is 5.77. The summed E-state index contributed by atoms with van der Waals surface area (Å²) in [5.41, 5.74) is 0. The molecule has 1 N–H and O–H groups in total. The summed E-state index contributed by atoms with van der Waals surface area (Å²) in [6.45, 7) is 0.872. The second-order valence-corrected chi connectivity index (χ2v) is 6.49. The van der Waals surface area contributed by atoms with Gasteiger partial charge in [0.2, 0.25) is 0 Å². The molecule has 1 aliphatic carbocycles. The van der Waals surface area contributed by atoms with Crippen LogP contribution in [0.25, 0.3) is 0 Å². The molecule has 1 saturated heterocycles. The highest BCUT2D eigenvalue weighted by atomic mass is 32.2. The first-order chi connectivity index (χ1) is 6.21. The van der Waals surface area contributed by atoms with Gasteiger partial charge in [-0.15, -0.1) is 0 Å². The fourth-order valence-electron chi connectivity index (χ4n) is 2.38. The topological polar surface area (TPSA) is 46.2 Å². The Kier molecular flexibility index (Phi) is 2.60. The molecule has 0 aromatic rings. The second-order valence-electron chi connectivity index (χ2n) is 4.08. The molecule has 76 valence electrons. The van der Waals surface area contributed by atoms with Crippen molar-refractivity contribution < 1.29 is 8.42 Å². The maximum atomic E-state index is 12.0. The van der Waals surface area contributed by atoms with E-state index in [1.54, 1.807) is 0 Å². The average Bonchev–Trinajstić information content (AvgIpc) is 2.78. The van der Waals surface area contributed by atoms with Crippen LogP contribution in [0.2, 0.25) is 0 Å². The predicted octanol–water partition coefficient (Wildman–Crippen LogP) is 1.05. The van der Waals surface area contributed by atoms with Crippen molar-refractivity contribution >= 4 is 9.84 Å². The van der Waals surface area contributed by atoms with Crippen molar-refractivity contribution in [2.75, 3.05) is 6.54 Å². The van der Waals surface area contributed by atoms with Crippen molar-refractivity contribution in [2.45, 2.75) is 49.1 Å². The van der Waals surface area contributed by atoms with Crippen molar-refractivity contribution in [3.05, 3.63) is 0 Å². The highest BCUT2D eigenvalue weighted by Crippen LogP contribution is 2.29. The summed E-state index contributed by atoms with van der Waals surface area (Å²) < 4.78 is 23.9. The number of hydrogen-bond acceptors (Lipinski definition) is 3. The molecule has 0 spiro atoms. The van der Waals surface area contributed by atoms with Gasteiger partial charge in [0.15, 0.2) is 9.84 Å². The monoisotopic (exact) mass is 203 g/mol. The molecular formula is C9H17NO2S. The first-order valence-corrected chi connectivity index (χ1v) is 6.78. The van der Waals surface area contributed by atoms with Crippen LogP contribution in [0.1, 0.15) is 38.5 Å². The molecule has 0 aromatic heterocycles. The molecule has 2 aliphatic rings. The lowest BCUT2D eigenvalue weighted by Gasteiger charge is -2.16. The molecule has 1 heterocycles. The fourth-order valence-corrected chi connectivity index (χ4v) is 4.68. The quantitative estimate of drug-likeness (QED) is 0.729. The smallest absolute Gasteiger partial charge is 0.168 e. The molecular weight excluding hydrogens is 186 g/mol. The van der Waals surface area contributed by atoms with Crippen LogP contribution in [0.5, 0.6) is 0 Å². The number of rotatable bonds is 2. The fraction of sp³-hybridized carbons (Fsp3) is 1.00. The van der Waals surface area contributed by atoms with Crippen LogP contribution in [0, 0.1) is 0 Å². The molecule has 3 nitrogen and oxygen atoms in total. The largest absolute Gasteiger partial charge is 0.301 e. The lowest BCUT2D eigenvalue weighted by atomic mass is 10.4. The summed E-state index contributed by atoms with van der Waals surface area (Å²) in [7, 11) is -2.85. The zero-order valence-electron chi connectivity index (χ0n) is 7.83. The second kappa shape index (κ2) is 3.58. The van der Waals surface area contributed by atoms with E-state index in [-0.39, 0.29) is 10.6 Å². The highest BCUT2D eigenvalue weighted by Gasteiger charge is 2.36. The van der Waals surface area contributed by atoms with Gasteiger partial charge in [0.1, 0.15) is 5.37 Å². The Hall–Kier alpha value is -0.0900. The van der Waals surface area contributed by atoms with Crippen molar-refractivity contribution in [2.24, 2.45) is 0 Å². The maximum Gasteiger partial charge on any atom is 0.168 e. The molecule has 2 fully saturated rings. The molecule has 2 rings (SSSR count). The summed E-state index contributed by atoms with van der Waals surface area (Å²) in [6, 6.07) is 0. The molecule has 1 atom stereocenters. The molecule has 0 amide bonds. The molecule has 4 heteroatoms. The zero-order chi connectivity index (χ0) is 9.31. The molecule has 1 aliphatic heterocycles. The van der Waals surface area contributed by atoms with Gasteiger partial charge < -0.3 is 5.32 Å². The number of hydrogen-bond donors (Lipinski definition) is 1. The van der Waals surface area contributed by atoms with Crippen molar-refractivity contribution in [3.63, 3.8) is 0 Å². The normalized spacial score (nSPS) is 31.2. The van der Waals surface area contributed by atoms with Crippen LogP contribution < -0.4 is 5.32 Å². The zero-order valence-corrected chi connectivity index (χ0v) is 8.65. The first kappa shape index (κ1) is 9.46. The Labute approximate surface area is 79.8 Å². The van der Waals surface area contributed by atoms with Gasteiger partial charge in [0, 0.05) is 0 Å². The van der Waals surface area contributed by atoms with E-state index in [0.29, 0.717) is 0 Å². The maximum absolute atomic E-state index is 12.0. The molecule has 1 unspecified atom stereocenters. The van der Waals surface area contributed by atoms with Gasteiger partial charge in [0.25, 0.3) is 0 Å². The minimum Gasteiger partial charge on any atom is -0.301 e.